The monoisotopic (exact) mass is 630 g/mol. The van der Waals surface area contributed by atoms with Gasteiger partial charge in [0.2, 0.25) is 12.2 Å². The number of amides is 1. The second-order valence-electron chi connectivity index (χ2n) is 11.7. The molecule has 0 spiro atoms. The molecule has 1 amide bonds. The first-order valence-electron chi connectivity index (χ1n) is 14.6. The maximum atomic E-state index is 13.2. The summed E-state index contributed by atoms with van der Waals surface area (Å²) >= 11 is 1.63. The van der Waals surface area contributed by atoms with Crippen molar-refractivity contribution in [3.63, 3.8) is 0 Å². The van der Waals surface area contributed by atoms with Crippen molar-refractivity contribution in [3.05, 3.63) is 83.3 Å². The van der Waals surface area contributed by atoms with E-state index in [1.54, 1.807) is 54.4 Å². The molecule has 1 aliphatic rings. The first-order chi connectivity index (χ1) is 21.6. The number of carbonyl (C=O) groups is 2. The minimum atomic E-state index is -0.280. The summed E-state index contributed by atoms with van der Waals surface area (Å²) in [7, 11) is 1.82. The molecule has 45 heavy (non-hydrogen) atoms. The van der Waals surface area contributed by atoms with E-state index in [1.807, 2.05) is 18.5 Å². The lowest BCUT2D eigenvalue weighted by molar-refractivity contribution is -0.105. The van der Waals surface area contributed by atoms with E-state index in [4.69, 9.17) is 8.94 Å². The van der Waals surface area contributed by atoms with Crippen molar-refractivity contribution in [2.75, 3.05) is 43.9 Å². The molecular weight excluding hydrogens is 592 g/mol. The van der Waals surface area contributed by atoms with Crippen molar-refractivity contribution < 1.29 is 23.6 Å². The molecular formula is C33H38N6O5S. The Kier molecular flexibility index (Phi) is 9.66. The fourth-order valence-electron chi connectivity index (χ4n) is 5.06. The number of ketones is 1. The highest BCUT2D eigenvalue weighted by Gasteiger charge is 2.22. The molecule has 0 unspecified atom stereocenters. The van der Waals surface area contributed by atoms with Gasteiger partial charge in [0.05, 0.1) is 5.69 Å². The highest BCUT2D eigenvalue weighted by atomic mass is 32.2. The van der Waals surface area contributed by atoms with E-state index < -0.39 is 0 Å². The van der Waals surface area contributed by atoms with Gasteiger partial charge in [-0.15, -0.1) is 0 Å². The number of nitrogens with zero attached hydrogens (tertiary/aromatic N) is 3. The smallest absolute Gasteiger partial charge is 0.244 e. The van der Waals surface area contributed by atoms with Crippen LogP contribution < -0.4 is 10.6 Å². The van der Waals surface area contributed by atoms with Gasteiger partial charge in [0.1, 0.15) is 17.1 Å². The van der Waals surface area contributed by atoms with Crippen LogP contribution in [-0.2, 0) is 16.8 Å². The van der Waals surface area contributed by atoms with Crippen LogP contribution in [0.4, 0.5) is 11.5 Å². The Morgan fingerprint density at radius 1 is 1.13 bits per heavy atom. The third-order valence-corrected chi connectivity index (χ3v) is 8.36. The standard InChI is InChI=1S/C25H24N4O4S.C8H14N2O/c1-2-34-29-9-7-28(8-10-29)14-19-18-13-21(27-20(18)4-5-22(19)31)25(32)24-12-16-11-17(26-15-30)3-6-23(16)33-24;1-8(2,3)6-5-7(9-4)10-11-6/h2-6,11-13,15,27,31H,1,7-10,14H2,(H,26,30);5H,1-4H3,(H,9,10). The Morgan fingerprint density at radius 3 is 2.56 bits per heavy atom. The molecule has 3 aromatic heterocycles. The van der Waals surface area contributed by atoms with Crippen LogP contribution in [0.1, 0.15) is 48.3 Å². The van der Waals surface area contributed by atoms with Crippen molar-refractivity contribution in [1.29, 1.82) is 0 Å². The lowest BCUT2D eigenvalue weighted by Crippen LogP contribution is -2.42. The number of hydrogen-bond acceptors (Lipinski definition) is 10. The summed E-state index contributed by atoms with van der Waals surface area (Å²) in [5, 5.41) is 23.3. The topological polar surface area (TPSA) is 140 Å². The number of nitrogens with one attached hydrogen (secondary N) is 3. The van der Waals surface area contributed by atoms with E-state index in [0.717, 1.165) is 59.6 Å². The first-order valence-corrected chi connectivity index (χ1v) is 15.4. The summed E-state index contributed by atoms with van der Waals surface area (Å²) in [6.45, 7) is 14.2. The van der Waals surface area contributed by atoms with Gasteiger partial charge in [0.15, 0.2) is 11.6 Å². The van der Waals surface area contributed by atoms with Gasteiger partial charge in [-0.2, -0.15) is 0 Å². The van der Waals surface area contributed by atoms with E-state index in [9.17, 15) is 14.7 Å². The molecule has 4 N–H and O–H groups in total. The Hall–Kier alpha value is -4.52. The van der Waals surface area contributed by atoms with Crippen LogP contribution in [0.2, 0.25) is 0 Å². The fourth-order valence-corrected chi connectivity index (χ4v) is 5.64. The average Bonchev–Trinajstić information content (AvgIpc) is 3.78. The zero-order chi connectivity index (χ0) is 32.1. The molecule has 12 heteroatoms. The minimum Gasteiger partial charge on any atom is -0.508 e. The Morgan fingerprint density at radius 2 is 1.91 bits per heavy atom. The van der Waals surface area contributed by atoms with Gasteiger partial charge in [0, 0.05) is 78.8 Å². The number of aromatic amines is 1. The van der Waals surface area contributed by atoms with Crippen molar-refractivity contribution in [2.45, 2.75) is 32.7 Å². The lowest BCUT2D eigenvalue weighted by Gasteiger charge is -2.33. The predicted octanol–water partition coefficient (Wildman–Crippen LogP) is 6.34. The van der Waals surface area contributed by atoms with Crippen LogP contribution >= 0.6 is 11.9 Å². The SMILES string of the molecule is C=CSN1CCN(Cc2c(O)ccc3[nH]c(C(=O)c4cc5cc(NC=O)ccc5o4)cc23)CC1.CNc1cc(C(C)(C)C)on1. The van der Waals surface area contributed by atoms with Crippen molar-refractivity contribution >= 4 is 57.5 Å². The number of rotatable bonds is 9. The third kappa shape index (κ3) is 7.42. The number of H-pyrrole nitrogens is 1. The molecule has 0 radical (unpaired) electrons. The Bertz CT molecular complexity index is 1810. The number of carbonyl (C=O) groups excluding carboxylic acids is 2. The highest BCUT2D eigenvalue weighted by Crippen LogP contribution is 2.31. The van der Waals surface area contributed by atoms with Crippen LogP contribution in [0.25, 0.3) is 21.9 Å². The molecule has 0 saturated carbocycles. The minimum absolute atomic E-state index is 0.0437. The van der Waals surface area contributed by atoms with Gasteiger partial charge in [-0.05, 0) is 47.9 Å². The van der Waals surface area contributed by atoms with Gasteiger partial charge in [-0.3, -0.25) is 14.5 Å². The summed E-state index contributed by atoms with van der Waals surface area (Å²) in [4.78, 5) is 29.4. The van der Waals surface area contributed by atoms with Crippen LogP contribution in [-0.4, -0.2) is 69.9 Å². The molecule has 4 heterocycles. The van der Waals surface area contributed by atoms with Crippen molar-refractivity contribution in [1.82, 2.24) is 19.3 Å². The predicted molar refractivity (Wildman–Crippen MR) is 179 cm³/mol. The first kappa shape index (κ1) is 31.9. The van der Waals surface area contributed by atoms with Gasteiger partial charge < -0.3 is 29.7 Å². The summed E-state index contributed by atoms with van der Waals surface area (Å²) in [5.74, 6) is 1.83. The molecule has 0 bridgehead atoms. The van der Waals surface area contributed by atoms with E-state index in [2.05, 4.69) is 57.3 Å². The molecule has 0 atom stereocenters. The summed E-state index contributed by atoms with van der Waals surface area (Å²) in [6, 6.07) is 14.0. The van der Waals surface area contributed by atoms with Crippen LogP contribution in [0.5, 0.6) is 5.75 Å². The molecule has 0 aliphatic carbocycles. The number of benzene rings is 2. The molecule has 6 rings (SSSR count). The molecule has 1 aliphatic heterocycles. The van der Waals surface area contributed by atoms with Crippen molar-refractivity contribution in [3.8, 4) is 5.75 Å². The Balaban J connectivity index is 0.000000309. The number of hydrogen-bond donors (Lipinski definition) is 4. The lowest BCUT2D eigenvalue weighted by atomic mass is 9.93. The number of phenolic OH excluding ortho intramolecular Hbond substituents is 1. The second kappa shape index (κ2) is 13.6. The number of piperazine rings is 1. The molecule has 11 nitrogen and oxygen atoms in total. The number of fused-ring (bicyclic) bond motifs is 2. The second-order valence-corrected chi connectivity index (χ2v) is 12.8. The summed E-state index contributed by atoms with van der Waals surface area (Å²) in [6.07, 6.45) is 0.602. The molecule has 1 saturated heterocycles. The van der Waals surface area contributed by atoms with E-state index in [0.29, 0.717) is 29.9 Å². The van der Waals surface area contributed by atoms with E-state index in [1.165, 1.54) is 0 Å². The number of anilines is 2. The van der Waals surface area contributed by atoms with E-state index in [-0.39, 0.29) is 22.7 Å². The van der Waals surface area contributed by atoms with Crippen LogP contribution in [0.3, 0.4) is 0 Å². The fraction of sp³-hybridized carbons (Fsp3) is 0.303. The van der Waals surface area contributed by atoms with Crippen molar-refractivity contribution in [2.24, 2.45) is 0 Å². The maximum Gasteiger partial charge on any atom is 0.244 e. The third-order valence-electron chi connectivity index (χ3n) is 7.54. The average molecular weight is 631 g/mol. The normalized spacial score (nSPS) is 14.2. The van der Waals surface area contributed by atoms with Gasteiger partial charge in [0.25, 0.3) is 0 Å². The maximum absolute atomic E-state index is 13.2. The quantitative estimate of drug-likeness (QED) is 0.0828. The highest BCUT2D eigenvalue weighted by molar-refractivity contribution is 7.99. The molecule has 5 aromatic rings. The van der Waals surface area contributed by atoms with Crippen LogP contribution in [0, 0.1) is 0 Å². The number of aromatic nitrogens is 2. The van der Waals surface area contributed by atoms with Crippen LogP contribution in [0.15, 0.2) is 69.5 Å². The van der Waals surface area contributed by atoms with Gasteiger partial charge in [-0.1, -0.05) is 44.5 Å². The summed E-state index contributed by atoms with van der Waals surface area (Å²) in [5.41, 5.74) is 3.19. The molecule has 1 fully saturated rings. The number of phenols is 1. The zero-order valence-electron chi connectivity index (χ0n) is 25.8. The largest absolute Gasteiger partial charge is 0.508 e. The van der Waals surface area contributed by atoms with Gasteiger partial charge >= 0.3 is 0 Å². The summed E-state index contributed by atoms with van der Waals surface area (Å²) < 4.78 is 13.1. The zero-order valence-corrected chi connectivity index (χ0v) is 26.7. The molecule has 2 aromatic carbocycles. The number of aromatic hydroxyl groups is 1. The Labute approximate surface area is 265 Å². The molecule has 236 valence electrons. The van der Waals surface area contributed by atoms with Gasteiger partial charge in [-0.25, -0.2) is 4.31 Å². The van der Waals surface area contributed by atoms with E-state index >= 15 is 0 Å². The number of furan rings is 1.